The number of anilines is 1. The molecule has 4 heteroatoms. The lowest BCUT2D eigenvalue weighted by molar-refractivity contribution is -0.137. The Bertz CT molecular complexity index is 414. The molecule has 0 atom stereocenters. The monoisotopic (exact) mass is 251 g/mol. The molecule has 0 spiro atoms. The van der Waals surface area contributed by atoms with Gasteiger partial charge < -0.3 is 10.0 Å². The average Bonchev–Trinajstić information content (AvgIpc) is 2.37. The normalized spacial score (nSPS) is 16.8. The lowest BCUT2D eigenvalue weighted by Crippen LogP contribution is -2.33. The number of aliphatic carboxylic acids is 1. The van der Waals surface area contributed by atoms with E-state index in [1.807, 2.05) is 6.07 Å². The van der Waals surface area contributed by atoms with Gasteiger partial charge in [0, 0.05) is 25.2 Å². The van der Waals surface area contributed by atoms with E-state index in [4.69, 9.17) is 5.11 Å². The zero-order valence-corrected chi connectivity index (χ0v) is 10.3. The number of hydrogen-bond acceptors (Lipinski definition) is 2. The van der Waals surface area contributed by atoms with Crippen molar-refractivity contribution in [3.8, 4) is 0 Å². The number of piperidine rings is 1. The highest BCUT2D eigenvalue weighted by Gasteiger charge is 2.20. The van der Waals surface area contributed by atoms with Crippen LogP contribution in [-0.4, -0.2) is 24.2 Å². The van der Waals surface area contributed by atoms with E-state index in [0.29, 0.717) is 5.92 Å². The van der Waals surface area contributed by atoms with Crippen LogP contribution in [0.15, 0.2) is 24.3 Å². The second kappa shape index (κ2) is 5.85. The molecule has 1 fully saturated rings. The number of nitrogens with zero attached hydrogens (tertiary/aromatic N) is 1. The minimum absolute atomic E-state index is 0.208. The molecule has 0 unspecified atom stereocenters. The molecule has 3 nitrogen and oxygen atoms in total. The van der Waals surface area contributed by atoms with Gasteiger partial charge in [-0.1, -0.05) is 6.07 Å². The summed E-state index contributed by atoms with van der Waals surface area (Å²) in [5, 5.41) is 8.65. The third-order valence-corrected chi connectivity index (χ3v) is 3.55. The molecule has 1 N–H and O–H groups in total. The van der Waals surface area contributed by atoms with E-state index < -0.39 is 5.97 Å². The van der Waals surface area contributed by atoms with Crippen molar-refractivity contribution in [2.75, 3.05) is 18.0 Å². The van der Waals surface area contributed by atoms with Gasteiger partial charge in [-0.15, -0.1) is 0 Å². The highest BCUT2D eigenvalue weighted by Crippen LogP contribution is 2.26. The zero-order valence-electron chi connectivity index (χ0n) is 10.3. The maximum Gasteiger partial charge on any atom is 0.303 e. The molecule has 1 heterocycles. The van der Waals surface area contributed by atoms with Crippen LogP contribution in [0.4, 0.5) is 10.1 Å². The van der Waals surface area contributed by atoms with Crippen LogP contribution in [0, 0.1) is 11.7 Å². The number of hydrogen-bond donors (Lipinski definition) is 1. The molecular weight excluding hydrogens is 233 g/mol. The first kappa shape index (κ1) is 12.9. The van der Waals surface area contributed by atoms with Crippen LogP contribution in [-0.2, 0) is 4.79 Å². The van der Waals surface area contributed by atoms with Gasteiger partial charge >= 0.3 is 5.97 Å². The van der Waals surface area contributed by atoms with Crippen molar-refractivity contribution >= 4 is 11.7 Å². The summed E-state index contributed by atoms with van der Waals surface area (Å²) in [6.07, 6.45) is 2.99. The van der Waals surface area contributed by atoms with Crippen molar-refractivity contribution < 1.29 is 14.3 Å². The fourth-order valence-corrected chi connectivity index (χ4v) is 2.48. The summed E-state index contributed by atoms with van der Waals surface area (Å²) in [6, 6.07) is 6.64. The van der Waals surface area contributed by atoms with Gasteiger partial charge in [0.25, 0.3) is 0 Å². The smallest absolute Gasteiger partial charge is 0.303 e. The maximum atomic E-state index is 13.1. The first-order chi connectivity index (χ1) is 8.65. The Morgan fingerprint density at radius 1 is 1.39 bits per heavy atom. The third-order valence-electron chi connectivity index (χ3n) is 3.55. The molecule has 0 aliphatic carbocycles. The quantitative estimate of drug-likeness (QED) is 0.894. The molecule has 1 aromatic carbocycles. The van der Waals surface area contributed by atoms with Crippen molar-refractivity contribution in [1.29, 1.82) is 0 Å². The molecule has 1 aromatic rings. The van der Waals surface area contributed by atoms with Crippen molar-refractivity contribution in [1.82, 2.24) is 0 Å². The number of halogens is 1. The molecule has 0 amide bonds. The lowest BCUT2D eigenvalue weighted by atomic mass is 9.92. The van der Waals surface area contributed by atoms with Gasteiger partial charge in [0.2, 0.25) is 0 Å². The Hall–Kier alpha value is -1.58. The molecular formula is C14H18FNO2. The largest absolute Gasteiger partial charge is 0.481 e. The van der Waals surface area contributed by atoms with E-state index in [-0.39, 0.29) is 12.2 Å². The number of rotatable bonds is 4. The molecule has 0 aromatic heterocycles. The number of benzene rings is 1. The van der Waals surface area contributed by atoms with Crippen molar-refractivity contribution in [3.63, 3.8) is 0 Å². The van der Waals surface area contributed by atoms with Crippen LogP contribution in [0.3, 0.4) is 0 Å². The first-order valence-electron chi connectivity index (χ1n) is 6.37. The summed E-state index contributed by atoms with van der Waals surface area (Å²) in [7, 11) is 0. The van der Waals surface area contributed by atoms with E-state index in [9.17, 15) is 9.18 Å². The molecule has 2 rings (SSSR count). The van der Waals surface area contributed by atoms with Gasteiger partial charge in [-0.3, -0.25) is 4.79 Å². The Morgan fingerprint density at radius 2 is 2.11 bits per heavy atom. The van der Waals surface area contributed by atoms with E-state index >= 15 is 0 Å². The van der Waals surface area contributed by atoms with E-state index in [1.165, 1.54) is 6.07 Å². The maximum absolute atomic E-state index is 13.1. The second-order valence-corrected chi connectivity index (χ2v) is 4.84. The fourth-order valence-electron chi connectivity index (χ4n) is 2.48. The van der Waals surface area contributed by atoms with Gasteiger partial charge in [0.15, 0.2) is 0 Å². The van der Waals surface area contributed by atoms with Crippen LogP contribution in [0.2, 0.25) is 0 Å². The highest BCUT2D eigenvalue weighted by atomic mass is 19.1. The van der Waals surface area contributed by atoms with Crippen LogP contribution < -0.4 is 4.90 Å². The van der Waals surface area contributed by atoms with Crippen LogP contribution in [0.25, 0.3) is 0 Å². The van der Waals surface area contributed by atoms with Gasteiger partial charge in [-0.05, 0) is 43.4 Å². The van der Waals surface area contributed by atoms with Crippen molar-refractivity contribution in [3.05, 3.63) is 30.1 Å². The van der Waals surface area contributed by atoms with Gasteiger partial charge in [0.1, 0.15) is 5.82 Å². The SMILES string of the molecule is O=C(O)CCC1CCN(c2cccc(F)c2)CC1. The summed E-state index contributed by atoms with van der Waals surface area (Å²) in [6.45, 7) is 1.77. The number of carboxylic acids is 1. The minimum atomic E-state index is -0.720. The molecule has 0 radical (unpaired) electrons. The second-order valence-electron chi connectivity index (χ2n) is 4.84. The molecule has 0 saturated carbocycles. The average molecular weight is 251 g/mol. The third kappa shape index (κ3) is 3.45. The Labute approximate surface area is 106 Å². The molecule has 98 valence electrons. The Kier molecular flexibility index (Phi) is 4.18. The molecule has 0 bridgehead atoms. The van der Waals surface area contributed by atoms with Gasteiger partial charge in [-0.2, -0.15) is 0 Å². The van der Waals surface area contributed by atoms with E-state index in [1.54, 1.807) is 12.1 Å². The number of carbonyl (C=O) groups is 1. The lowest BCUT2D eigenvalue weighted by Gasteiger charge is -2.33. The predicted molar refractivity (Wildman–Crippen MR) is 68.2 cm³/mol. The van der Waals surface area contributed by atoms with Crippen LogP contribution >= 0.6 is 0 Å². The first-order valence-corrected chi connectivity index (χ1v) is 6.37. The van der Waals surface area contributed by atoms with Gasteiger partial charge in [-0.25, -0.2) is 4.39 Å². The molecule has 18 heavy (non-hydrogen) atoms. The number of carboxylic acid groups (broad SMARTS) is 1. The fraction of sp³-hybridized carbons (Fsp3) is 0.500. The van der Waals surface area contributed by atoms with E-state index in [0.717, 1.165) is 38.0 Å². The minimum Gasteiger partial charge on any atom is -0.481 e. The molecule has 1 aliphatic heterocycles. The van der Waals surface area contributed by atoms with Crippen LogP contribution in [0.1, 0.15) is 25.7 Å². The summed E-state index contributed by atoms with van der Waals surface area (Å²) in [5.41, 5.74) is 0.923. The molecule has 1 saturated heterocycles. The topological polar surface area (TPSA) is 40.5 Å². The summed E-state index contributed by atoms with van der Waals surface area (Å²) in [4.78, 5) is 12.7. The Morgan fingerprint density at radius 3 is 2.72 bits per heavy atom. The Balaban J connectivity index is 1.85. The standard InChI is InChI=1S/C14H18FNO2/c15-12-2-1-3-13(10-12)16-8-6-11(7-9-16)4-5-14(17)18/h1-3,10-11H,4-9H2,(H,17,18). The highest BCUT2D eigenvalue weighted by molar-refractivity contribution is 5.66. The predicted octanol–water partition coefficient (Wildman–Crippen LogP) is 2.91. The zero-order chi connectivity index (χ0) is 13.0. The summed E-state index contributed by atoms with van der Waals surface area (Å²) in [5.74, 6) is -0.436. The van der Waals surface area contributed by atoms with Crippen molar-refractivity contribution in [2.45, 2.75) is 25.7 Å². The summed E-state index contributed by atoms with van der Waals surface area (Å²) >= 11 is 0. The summed E-state index contributed by atoms with van der Waals surface area (Å²) < 4.78 is 13.1. The van der Waals surface area contributed by atoms with Crippen molar-refractivity contribution in [2.24, 2.45) is 5.92 Å². The van der Waals surface area contributed by atoms with E-state index in [2.05, 4.69) is 4.90 Å². The van der Waals surface area contributed by atoms with Crippen LogP contribution in [0.5, 0.6) is 0 Å². The molecule has 1 aliphatic rings. The van der Waals surface area contributed by atoms with Gasteiger partial charge in [0.05, 0.1) is 0 Å².